The number of aromatic carboxylic acids is 1. The van der Waals surface area contributed by atoms with Crippen LogP contribution >= 0.6 is 0 Å². The van der Waals surface area contributed by atoms with Crippen LogP contribution in [0.25, 0.3) is 0 Å². The van der Waals surface area contributed by atoms with E-state index >= 15 is 0 Å². The Hall–Kier alpha value is -1.40. The van der Waals surface area contributed by atoms with E-state index in [0.717, 1.165) is 0 Å². The van der Waals surface area contributed by atoms with Crippen molar-refractivity contribution >= 4 is 16.0 Å². The zero-order valence-electron chi connectivity index (χ0n) is 12.3. The van der Waals surface area contributed by atoms with Gasteiger partial charge in [-0.1, -0.05) is 13.0 Å². The van der Waals surface area contributed by atoms with Crippen molar-refractivity contribution in [1.82, 2.24) is 4.31 Å². The van der Waals surface area contributed by atoms with Gasteiger partial charge < -0.3 is 5.11 Å². The number of carboxylic acid groups (broad SMARTS) is 1. The Labute approximate surface area is 120 Å². The number of hydrogen-bond donors (Lipinski definition) is 1. The Morgan fingerprint density at radius 1 is 1.35 bits per heavy atom. The second kappa shape index (κ2) is 6.37. The minimum atomic E-state index is -3.67. The van der Waals surface area contributed by atoms with Gasteiger partial charge in [0, 0.05) is 12.6 Å². The highest BCUT2D eigenvalue weighted by Crippen LogP contribution is 2.21. The monoisotopic (exact) mass is 299 g/mol. The molecule has 0 spiro atoms. The van der Waals surface area contributed by atoms with Crippen LogP contribution in [0.15, 0.2) is 23.1 Å². The SMILES string of the molecule is CCCN(C(C)C)S(=O)(=O)c1ccc(C)c(C(=O)O)c1. The lowest BCUT2D eigenvalue weighted by molar-refractivity contribution is 0.0696. The summed E-state index contributed by atoms with van der Waals surface area (Å²) in [5.41, 5.74) is 0.564. The Bertz CT molecular complexity index is 593. The lowest BCUT2D eigenvalue weighted by Crippen LogP contribution is -2.37. The molecule has 5 nitrogen and oxygen atoms in total. The molecule has 0 amide bonds. The Morgan fingerprint density at radius 2 is 1.95 bits per heavy atom. The number of benzene rings is 1. The van der Waals surface area contributed by atoms with E-state index in [1.165, 1.54) is 22.5 Å². The second-order valence-electron chi connectivity index (χ2n) is 4.99. The predicted molar refractivity (Wildman–Crippen MR) is 77.5 cm³/mol. The van der Waals surface area contributed by atoms with Crippen molar-refractivity contribution in [2.45, 2.75) is 45.1 Å². The third-order valence-electron chi connectivity index (χ3n) is 3.07. The molecule has 0 unspecified atom stereocenters. The lowest BCUT2D eigenvalue weighted by atomic mass is 10.1. The normalized spacial score (nSPS) is 12.1. The molecule has 1 N–H and O–H groups in total. The topological polar surface area (TPSA) is 74.7 Å². The van der Waals surface area contributed by atoms with Gasteiger partial charge in [-0.25, -0.2) is 13.2 Å². The highest BCUT2D eigenvalue weighted by atomic mass is 32.2. The summed E-state index contributed by atoms with van der Waals surface area (Å²) < 4.78 is 26.6. The van der Waals surface area contributed by atoms with Gasteiger partial charge in [0.2, 0.25) is 10.0 Å². The number of nitrogens with zero attached hydrogens (tertiary/aromatic N) is 1. The summed E-state index contributed by atoms with van der Waals surface area (Å²) in [4.78, 5) is 11.2. The third kappa shape index (κ3) is 3.37. The number of rotatable bonds is 6. The molecule has 20 heavy (non-hydrogen) atoms. The maximum atomic E-state index is 12.6. The first-order valence-electron chi connectivity index (χ1n) is 6.57. The van der Waals surface area contributed by atoms with E-state index in [-0.39, 0.29) is 16.5 Å². The Balaban J connectivity index is 3.34. The molecule has 0 radical (unpaired) electrons. The zero-order valence-corrected chi connectivity index (χ0v) is 13.1. The van der Waals surface area contributed by atoms with Crippen molar-refractivity contribution in [3.8, 4) is 0 Å². The van der Waals surface area contributed by atoms with Gasteiger partial charge in [-0.15, -0.1) is 0 Å². The van der Waals surface area contributed by atoms with Crippen LogP contribution in [-0.2, 0) is 10.0 Å². The first kappa shape index (κ1) is 16.7. The molecule has 0 aromatic heterocycles. The molecule has 0 saturated carbocycles. The van der Waals surface area contributed by atoms with E-state index in [1.807, 2.05) is 6.92 Å². The fourth-order valence-electron chi connectivity index (χ4n) is 2.00. The standard InChI is InChI=1S/C14H21NO4S/c1-5-8-15(10(2)3)20(18,19)12-7-6-11(4)13(9-12)14(16)17/h6-7,9-10H,5,8H2,1-4H3,(H,16,17). The number of carbonyl (C=O) groups is 1. The highest BCUT2D eigenvalue weighted by molar-refractivity contribution is 7.89. The van der Waals surface area contributed by atoms with Crippen LogP contribution in [0.5, 0.6) is 0 Å². The van der Waals surface area contributed by atoms with Gasteiger partial charge in [-0.3, -0.25) is 0 Å². The summed E-state index contributed by atoms with van der Waals surface area (Å²) in [6, 6.07) is 4.05. The number of sulfonamides is 1. The third-order valence-corrected chi connectivity index (χ3v) is 5.14. The smallest absolute Gasteiger partial charge is 0.335 e. The molecule has 1 aromatic rings. The van der Waals surface area contributed by atoms with Gasteiger partial charge in [0.1, 0.15) is 0 Å². The number of aryl methyl sites for hydroxylation is 1. The van der Waals surface area contributed by atoms with E-state index in [2.05, 4.69) is 0 Å². The van der Waals surface area contributed by atoms with E-state index in [4.69, 9.17) is 5.11 Å². The van der Waals surface area contributed by atoms with Crippen molar-refractivity contribution in [3.63, 3.8) is 0 Å². The summed E-state index contributed by atoms with van der Waals surface area (Å²) in [7, 11) is -3.67. The molecule has 112 valence electrons. The molecule has 1 aromatic carbocycles. The first-order valence-corrected chi connectivity index (χ1v) is 8.01. The van der Waals surface area contributed by atoms with Crippen molar-refractivity contribution < 1.29 is 18.3 Å². The Kier molecular flexibility index (Phi) is 5.30. The van der Waals surface area contributed by atoms with Crippen molar-refractivity contribution in [2.75, 3.05) is 6.54 Å². The molecule has 0 atom stereocenters. The van der Waals surface area contributed by atoms with Crippen LogP contribution in [-0.4, -0.2) is 36.4 Å². The van der Waals surface area contributed by atoms with E-state index in [0.29, 0.717) is 18.5 Å². The molecule has 0 fully saturated rings. The zero-order chi connectivity index (χ0) is 15.5. The van der Waals surface area contributed by atoms with Crippen LogP contribution < -0.4 is 0 Å². The maximum absolute atomic E-state index is 12.6. The fourth-order valence-corrected chi connectivity index (χ4v) is 3.76. The minimum absolute atomic E-state index is 0.0197. The fraction of sp³-hybridized carbons (Fsp3) is 0.500. The average molecular weight is 299 g/mol. The van der Waals surface area contributed by atoms with Crippen molar-refractivity contribution in [1.29, 1.82) is 0 Å². The van der Waals surface area contributed by atoms with Crippen molar-refractivity contribution in [2.24, 2.45) is 0 Å². The maximum Gasteiger partial charge on any atom is 0.335 e. The number of hydrogen-bond acceptors (Lipinski definition) is 3. The first-order chi connectivity index (χ1) is 9.21. The minimum Gasteiger partial charge on any atom is -0.478 e. The molecular weight excluding hydrogens is 278 g/mol. The second-order valence-corrected chi connectivity index (χ2v) is 6.88. The quantitative estimate of drug-likeness (QED) is 0.875. The number of carboxylic acids is 1. The summed E-state index contributed by atoms with van der Waals surface area (Å²) >= 11 is 0. The molecule has 0 aliphatic heterocycles. The van der Waals surface area contributed by atoms with Crippen LogP contribution in [0.1, 0.15) is 43.1 Å². The summed E-state index contributed by atoms with van der Waals surface area (Å²) in [5.74, 6) is -1.12. The van der Waals surface area contributed by atoms with E-state index < -0.39 is 16.0 Å². The van der Waals surface area contributed by atoms with Gasteiger partial charge in [0.15, 0.2) is 0 Å². The van der Waals surface area contributed by atoms with Crippen LogP contribution in [0.2, 0.25) is 0 Å². The highest BCUT2D eigenvalue weighted by Gasteiger charge is 2.27. The Morgan fingerprint density at radius 3 is 2.40 bits per heavy atom. The summed E-state index contributed by atoms with van der Waals surface area (Å²) in [5, 5.41) is 9.10. The lowest BCUT2D eigenvalue weighted by Gasteiger charge is -2.25. The van der Waals surface area contributed by atoms with Crippen LogP contribution in [0.3, 0.4) is 0 Å². The molecule has 0 heterocycles. The molecule has 0 bridgehead atoms. The molecule has 6 heteroatoms. The molecule has 0 aliphatic carbocycles. The van der Waals surface area contributed by atoms with Crippen molar-refractivity contribution in [3.05, 3.63) is 29.3 Å². The molecule has 0 saturated heterocycles. The van der Waals surface area contributed by atoms with Gasteiger partial charge >= 0.3 is 5.97 Å². The van der Waals surface area contributed by atoms with E-state index in [9.17, 15) is 13.2 Å². The molecular formula is C14H21NO4S. The predicted octanol–water partition coefficient (Wildman–Crippen LogP) is 2.50. The van der Waals surface area contributed by atoms with Gasteiger partial charge in [0.05, 0.1) is 10.5 Å². The van der Waals surface area contributed by atoms with Gasteiger partial charge in [-0.2, -0.15) is 4.31 Å². The molecule has 1 rings (SSSR count). The van der Waals surface area contributed by atoms with Crippen LogP contribution in [0, 0.1) is 6.92 Å². The largest absolute Gasteiger partial charge is 0.478 e. The van der Waals surface area contributed by atoms with E-state index in [1.54, 1.807) is 20.8 Å². The van der Waals surface area contributed by atoms with Crippen LogP contribution in [0.4, 0.5) is 0 Å². The van der Waals surface area contributed by atoms with Gasteiger partial charge in [0.25, 0.3) is 0 Å². The summed E-state index contributed by atoms with van der Waals surface area (Å²) in [6.45, 7) is 7.57. The van der Waals surface area contributed by atoms with Gasteiger partial charge in [-0.05, 0) is 44.9 Å². The summed E-state index contributed by atoms with van der Waals surface area (Å²) in [6.07, 6.45) is 0.703. The average Bonchev–Trinajstić information content (AvgIpc) is 2.35. The molecule has 0 aliphatic rings.